The Morgan fingerprint density at radius 3 is 3.00 bits per heavy atom. The van der Waals surface area contributed by atoms with E-state index in [1.807, 2.05) is 6.20 Å². The zero-order valence-corrected chi connectivity index (χ0v) is 12.1. The molecule has 3 nitrogen and oxygen atoms in total. The van der Waals surface area contributed by atoms with Gasteiger partial charge in [-0.15, -0.1) is 5.10 Å². The van der Waals surface area contributed by atoms with E-state index in [9.17, 15) is 4.39 Å². The maximum Gasteiger partial charge on any atom is 0.142 e. The molecule has 0 aliphatic rings. The molecule has 2 rings (SSSR count). The Hall–Kier alpha value is -0.940. The summed E-state index contributed by atoms with van der Waals surface area (Å²) >= 11 is 9.40. The summed E-state index contributed by atoms with van der Waals surface area (Å²) in [5.74, 6) is -0.415. The monoisotopic (exact) mass is 331 g/mol. The normalized spacial score (nSPS) is 12.7. The Labute approximate surface area is 118 Å². The van der Waals surface area contributed by atoms with Gasteiger partial charge in [0.05, 0.1) is 22.1 Å². The van der Waals surface area contributed by atoms with Gasteiger partial charge in [-0.2, -0.15) is 0 Å². The highest BCUT2D eigenvalue weighted by molar-refractivity contribution is 9.09. The van der Waals surface area contributed by atoms with Crippen molar-refractivity contribution < 1.29 is 4.39 Å². The second-order valence-electron chi connectivity index (χ2n) is 3.93. The maximum absolute atomic E-state index is 13.3. The van der Waals surface area contributed by atoms with Gasteiger partial charge in [-0.1, -0.05) is 51.8 Å². The van der Waals surface area contributed by atoms with Gasteiger partial charge in [-0.3, -0.25) is 0 Å². The van der Waals surface area contributed by atoms with Crippen molar-refractivity contribution in [2.45, 2.75) is 24.7 Å². The molecule has 0 spiro atoms. The molecule has 0 aliphatic heterocycles. The zero-order chi connectivity index (χ0) is 13.1. The third-order valence-electron chi connectivity index (χ3n) is 2.60. The molecular weight excluding hydrogens is 321 g/mol. The van der Waals surface area contributed by atoms with Crippen molar-refractivity contribution in [3.63, 3.8) is 0 Å². The number of alkyl halides is 1. The average Bonchev–Trinajstić information content (AvgIpc) is 2.82. The van der Waals surface area contributed by atoms with Gasteiger partial charge in [-0.05, 0) is 18.1 Å². The van der Waals surface area contributed by atoms with E-state index in [2.05, 4.69) is 33.2 Å². The zero-order valence-electron chi connectivity index (χ0n) is 9.78. The highest BCUT2D eigenvalue weighted by Crippen LogP contribution is 2.24. The second kappa shape index (κ2) is 5.80. The molecular formula is C12H12BrClFN3. The molecule has 1 aromatic carbocycles. The number of halogens is 3. The van der Waals surface area contributed by atoms with Crippen molar-refractivity contribution in [1.82, 2.24) is 15.0 Å². The summed E-state index contributed by atoms with van der Waals surface area (Å²) in [6.07, 6.45) is 2.77. The average molecular weight is 333 g/mol. The van der Waals surface area contributed by atoms with Crippen LogP contribution in [-0.2, 0) is 6.54 Å². The Kier molecular flexibility index (Phi) is 4.35. The fourth-order valence-corrected chi connectivity index (χ4v) is 1.98. The van der Waals surface area contributed by atoms with Crippen LogP contribution in [0.5, 0.6) is 0 Å². The van der Waals surface area contributed by atoms with Crippen molar-refractivity contribution in [2.75, 3.05) is 0 Å². The fraction of sp³-hybridized carbons (Fsp3) is 0.333. The topological polar surface area (TPSA) is 30.7 Å². The fourth-order valence-electron chi connectivity index (χ4n) is 1.59. The third-order valence-corrected chi connectivity index (χ3v) is 4.14. The summed E-state index contributed by atoms with van der Waals surface area (Å²) in [7, 11) is 0. The van der Waals surface area contributed by atoms with Crippen LogP contribution in [-0.4, -0.2) is 15.0 Å². The lowest BCUT2D eigenvalue weighted by atomic mass is 10.2. The molecule has 0 aliphatic carbocycles. The number of hydrogen-bond donors (Lipinski definition) is 0. The van der Waals surface area contributed by atoms with Gasteiger partial charge in [0, 0.05) is 6.20 Å². The highest BCUT2D eigenvalue weighted by Gasteiger charge is 2.11. The quantitative estimate of drug-likeness (QED) is 0.793. The molecule has 1 atom stereocenters. The van der Waals surface area contributed by atoms with Crippen LogP contribution in [0.25, 0.3) is 0 Å². The predicted molar refractivity (Wildman–Crippen MR) is 72.5 cm³/mol. The number of aromatic nitrogens is 3. The first-order valence-corrected chi connectivity index (χ1v) is 6.88. The van der Waals surface area contributed by atoms with Crippen molar-refractivity contribution >= 4 is 27.5 Å². The van der Waals surface area contributed by atoms with Gasteiger partial charge in [0.2, 0.25) is 0 Å². The van der Waals surface area contributed by atoms with E-state index in [0.29, 0.717) is 12.1 Å². The summed E-state index contributed by atoms with van der Waals surface area (Å²) in [6.45, 7) is 2.47. The first-order chi connectivity index (χ1) is 8.61. The number of nitrogens with zero attached hydrogens (tertiary/aromatic N) is 3. The van der Waals surface area contributed by atoms with Crippen molar-refractivity contribution in [2.24, 2.45) is 0 Å². The molecule has 2 aromatic rings. The van der Waals surface area contributed by atoms with Gasteiger partial charge in [-0.25, -0.2) is 9.07 Å². The Morgan fingerprint density at radius 2 is 2.28 bits per heavy atom. The first kappa shape index (κ1) is 13.5. The molecule has 18 heavy (non-hydrogen) atoms. The van der Waals surface area contributed by atoms with Crippen LogP contribution in [0, 0.1) is 5.82 Å². The van der Waals surface area contributed by atoms with Gasteiger partial charge in [0.25, 0.3) is 0 Å². The lowest BCUT2D eigenvalue weighted by Gasteiger charge is -2.04. The van der Waals surface area contributed by atoms with Crippen molar-refractivity contribution in [3.8, 4) is 0 Å². The number of hydrogen-bond acceptors (Lipinski definition) is 2. The lowest BCUT2D eigenvalue weighted by molar-refractivity contribution is 0.614. The van der Waals surface area contributed by atoms with Crippen LogP contribution in [0.2, 0.25) is 5.02 Å². The minimum absolute atomic E-state index is 0.139. The molecule has 0 fully saturated rings. The van der Waals surface area contributed by atoms with Crippen molar-refractivity contribution in [3.05, 3.63) is 46.5 Å². The Balaban J connectivity index is 2.19. The van der Waals surface area contributed by atoms with Crippen LogP contribution in [0.1, 0.15) is 29.4 Å². The van der Waals surface area contributed by atoms with E-state index < -0.39 is 5.82 Å². The second-order valence-corrected chi connectivity index (χ2v) is 5.41. The van der Waals surface area contributed by atoms with Crippen LogP contribution >= 0.6 is 27.5 Å². The molecule has 0 radical (unpaired) electrons. The van der Waals surface area contributed by atoms with E-state index in [0.717, 1.165) is 12.1 Å². The summed E-state index contributed by atoms with van der Waals surface area (Å²) in [6, 6.07) is 4.75. The molecule has 96 valence electrons. The van der Waals surface area contributed by atoms with Gasteiger partial charge < -0.3 is 0 Å². The maximum atomic E-state index is 13.3. The smallest absolute Gasteiger partial charge is 0.142 e. The number of rotatable bonds is 4. The standard InChI is InChI=1S/C12H12BrClFN3/c1-2-9(13)11-7-18(17-16-11)6-8-4-3-5-10(15)12(8)14/h3-5,7,9H,2,6H2,1H3. The van der Waals surface area contributed by atoms with E-state index in [1.54, 1.807) is 16.8 Å². The van der Waals surface area contributed by atoms with Crippen LogP contribution in [0.3, 0.4) is 0 Å². The Bertz CT molecular complexity index is 544. The largest absolute Gasteiger partial charge is 0.248 e. The van der Waals surface area contributed by atoms with E-state index >= 15 is 0 Å². The molecule has 1 heterocycles. The molecule has 0 amide bonds. The third kappa shape index (κ3) is 2.90. The summed E-state index contributed by atoms with van der Waals surface area (Å²) in [4.78, 5) is 0.189. The summed E-state index contributed by atoms with van der Waals surface area (Å²) in [5.41, 5.74) is 1.56. The molecule has 1 unspecified atom stereocenters. The molecule has 0 saturated heterocycles. The minimum Gasteiger partial charge on any atom is -0.248 e. The van der Waals surface area contributed by atoms with Crippen LogP contribution in [0.15, 0.2) is 24.4 Å². The molecule has 0 N–H and O–H groups in total. The van der Waals surface area contributed by atoms with Gasteiger partial charge in [0.15, 0.2) is 0 Å². The molecule has 1 aromatic heterocycles. The predicted octanol–water partition coefficient (Wildman–Crippen LogP) is 3.96. The van der Waals surface area contributed by atoms with Gasteiger partial charge in [0.1, 0.15) is 5.82 Å². The first-order valence-electron chi connectivity index (χ1n) is 5.58. The lowest BCUT2D eigenvalue weighted by Crippen LogP contribution is -2.01. The van der Waals surface area contributed by atoms with Crippen LogP contribution in [0.4, 0.5) is 4.39 Å². The minimum atomic E-state index is -0.415. The number of benzene rings is 1. The summed E-state index contributed by atoms with van der Waals surface area (Å²) < 4.78 is 14.9. The van der Waals surface area contributed by atoms with Crippen LogP contribution < -0.4 is 0 Å². The molecule has 6 heteroatoms. The van der Waals surface area contributed by atoms with Crippen molar-refractivity contribution in [1.29, 1.82) is 0 Å². The molecule has 0 bridgehead atoms. The van der Waals surface area contributed by atoms with E-state index in [-0.39, 0.29) is 9.85 Å². The van der Waals surface area contributed by atoms with E-state index in [1.165, 1.54) is 6.07 Å². The van der Waals surface area contributed by atoms with Gasteiger partial charge >= 0.3 is 0 Å². The molecule has 0 saturated carbocycles. The summed E-state index contributed by atoms with van der Waals surface area (Å²) in [5, 5.41) is 8.21. The van der Waals surface area contributed by atoms with E-state index in [4.69, 9.17) is 11.6 Å². The Morgan fingerprint density at radius 1 is 1.50 bits per heavy atom. The highest BCUT2D eigenvalue weighted by atomic mass is 79.9. The SMILES string of the molecule is CCC(Br)c1cn(Cc2cccc(F)c2Cl)nn1.